The number of nitrogens with zero attached hydrogens (tertiary/aromatic N) is 3. The molecule has 0 radical (unpaired) electrons. The highest BCUT2D eigenvalue weighted by molar-refractivity contribution is 9.10. The summed E-state index contributed by atoms with van der Waals surface area (Å²) >= 11 is 3.56. The van der Waals surface area contributed by atoms with E-state index in [0.29, 0.717) is 12.1 Å². The van der Waals surface area contributed by atoms with E-state index in [2.05, 4.69) is 32.9 Å². The molecule has 0 spiro atoms. The molecule has 106 valence electrons. The van der Waals surface area contributed by atoms with Crippen LogP contribution in [0.25, 0.3) is 0 Å². The van der Waals surface area contributed by atoms with Gasteiger partial charge in [0.15, 0.2) is 5.78 Å². The summed E-state index contributed by atoms with van der Waals surface area (Å²) in [5.74, 6) is 0.0200. The fraction of sp³-hybridized carbons (Fsp3) is 0.400. The molecule has 0 aliphatic heterocycles. The standard InChI is InChI=1S/C15H18BrN3O/c1-4-11-15(16)13(19(5-2)18-11)9-14(20)12-8-10(3)6-7-17-12/h6-8H,4-5,9H2,1-3H3. The molecule has 2 heterocycles. The van der Waals surface area contributed by atoms with Crippen molar-refractivity contribution in [3.05, 3.63) is 45.4 Å². The Hall–Kier alpha value is -1.49. The molecular weight excluding hydrogens is 318 g/mol. The van der Waals surface area contributed by atoms with Crippen LogP contribution >= 0.6 is 15.9 Å². The number of hydrogen-bond donors (Lipinski definition) is 0. The van der Waals surface area contributed by atoms with E-state index in [1.165, 1.54) is 0 Å². The number of hydrogen-bond acceptors (Lipinski definition) is 3. The van der Waals surface area contributed by atoms with Crippen molar-refractivity contribution in [2.75, 3.05) is 0 Å². The van der Waals surface area contributed by atoms with Gasteiger partial charge in [0.25, 0.3) is 0 Å². The fourth-order valence-corrected chi connectivity index (χ4v) is 2.82. The highest BCUT2D eigenvalue weighted by Crippen LogP contribution is 2.23. The molecule has 2 rings (SSSR count). The third-order valence-electron chi connectivity index (χ3n) is 3.22. The van der Waals surface area contributed by atoms with E-state index >= 15 is 0 Å². The Morgan fingerprint density at radius 3 is 2.75 bits per heavy atom. The zero-order chi connectivity index (χ0) is 14.7. The lowest BCUT2D eigenvalue weighted by molar-refractivity contribution is 0.0985. The second kappa shape index (κ2) is 6.31. The van der Waals surface area contributed by atoms with Crippen LogP contribution in [0.3, 0.4) is 0 Å². The minimum absolute atomic E-state index is 0.0200. The first-order valence-corrected chi connectivity index (χ1v) is 7.56. The monoisotopic (exact) mass is 335 g/mol. The van der Waals surface area contributed by atoms with Gasteiger partial charge in [0.2, 0.25) is 0 Å². The van der Waals surface area contributed by atoms with Gasteiger partial charge in [0, 0.05) is 12.7 Å². The molecule has 2 aromatic heterocycles. The Balaban J connectivity index is 2.30. The van der Waals surface area contributed by atoms with Gasteiger partial charge < -0.3 is 0 Å². The zero-order valence-electron chi connectivity index (χ0n) is 12.0. The van der Waals surface area contributed by atoms with Gasteiger partial charge in [-0.1, -0.05) is 6.92 Å². The minimum atomic E-state index is 0.0200. The highest BCUT2D eigenvalue weighted by atomic mass is 79.9. The SMILES string of the molecule is CCc1nn(CC)c(CC(=O)c2cc(C)ccn2)c1Br. The van der Waals surface area contributed by atoms with E-state index in [4.69, 9.17) is 0 Å². The average molecular weight is 336 g/mol. The Labute approximate surface area is 127 Å². The van der Waals surface area contributed by atoms with E-state index in [1.807, 2.05) is 30.7 Å². The molecule has 0 amide bonds. The zero-order valence-corrected chi connectivity index (χ0v) is 13.6. The smallest absolute Gasteiger partial charge is 0.187 e. The van der Waals surface area contributed by atoms with Crippen molar-refractivity contribution in [3.8, 4) is 0 Å². The third kappa shape index (κ3) is 2.98. The lowest BCUT2D eigenvalue weighted by atomic mass is 10.1. The van der Waals surface area contributed by atoms with Crippen molar-refractivity contribution in [2.24, 2.45) is 0 Å². The first kappa shape index (κ1) is 14.9. The normalized spacial score (nSPS) is 10.8. The van der Waals surface area contributed by atoms with Crippen LogP contribution in [-0.2, 0) is 19.4 Å². The van der Waals surface area contributed by atoms with E-state index < -0.39 is 0 Å². The molecule has 0 unspecified atom stereocenters. The van der Waals surface area contributed by atoms with Gasteiger partial charge in [-0.05, 0) is 53.9 Å². The molecule has 5 heteroatoms. The number of halogens is 1. The van der Waals surface area contributed by atoms with Crippen molar-refractivity contribution < 1.29 is 4.79 Å². The number of carbonyl (C=O) groups excluding carboxylic acids is 1. The molecule has 0 bridgehead atoms. The van der Waals surface area contributed by atoms with Crippen LogP contribution in [0, 0.1) is 6.92 Å². The summed E-state index contributed by atoms with van der Waals surface area (Å²) in [6.07, 6.45) is 2.83. The molecule has 0 aromatic carbocycles. The van der Waals surface area contributed by atoms with Crippen LogP contribution in [0.5, 0.6) is 0 Å². The number of Topliss-reactive ketones (excluding diaryl/α,β-unsaturated/α-hetero) is 1. The van der Waals surface area contributed by atoms with Crippen molar-refractivity contribution in [1.29, 1.82) is 0 Å². The second-order valence-electron chi connectivity index (χ2n) is 4.70. The highest BCUT2D eigenvalue weighted by Gasteiger charge is 2.18. The van der Waals surface area contributed by atoms with Gasteiger partial charge >= 0.3 is 0 Å². The predicted octanol–water partition coefficient (Wildman–Crippen LogP) is 3.36. The largest absolute Gasteiger partial charge is 0.292 e. The van der Waals surface area contributed by atoms with Crippen LogP contribution in [-0.4, -0.2) is 20.5 Å². The number of rotatable bonds is 5. The summed E-state index contributed by atoms with van der Waals surface area (Å²) in [5.41, 5.74) is 3.48. The van der Waals surface area contributed by atoms with Crippen LogP contribution < -0.4 is 0 Å². The molecule has 0 fully saturated rings. The molecule has 20 heavy (non-hydrogen) atoms. The Kier molecular flexibility index (Phi) is 4.70. The van der Waals surface area contributed by atoms with Gasteiger partial charge in [0.05, 0.1) is 22.3 Å². The minimum Gasteiger partial charge on any atom is -0.292 e. The molecule has 0 N–H and O–H groups in total. The summed E-state index contributed by atoms with van der Waals surface area (Å²) < 4.78 is 2.83. The van der Waals surface area contributed by atoms with Crippen molar-refractivity contribution >= 4 is 21.7 Å². The van der Waals surface area contributed by atoms with E-state index in [9.17, 15) is 4.79 Å². The maximum Gasteiger partial charge on any atom is 0.187 e. The van der Waals surface area contributed by atoms with Crippen LogP contribution in [0.1, 0.15) is 41.3 Å². The topological polar surface area (TPSA) is 47.8 Å². The number of pyridine rings is 1. The maximum atomic E-state index is 12.4. The summed E-state index contributed by atoms with van der Waals surface area (Å²) in [4.78, 5) is 16.5. The van der Waals surface area contributed by atoms with Gasteiger partial charge in [-0.2, -0.15) is 5.10 Å². The van der Waals surface area contributed by atoms with Gasteiger partial charge in [-0.3, -0.25) is 14.5 Å². The van der Waals surface area contributed by atoms with Crippen molar-refractivity contribution in [3.63, 3.8) is 0 Å². The van der Waals surface area contributed by atoms with E-state index in [-0.39, 0.29) is 5.78 Å². The first-order chi connectivity index (χ1) is 9.56. The lowest BCUT2D eigenvalue weighted by Gasteiger charge is -2.05. The molecule has 0 aliphatic rings. The Bertz CT molecular complexity index is 634. The Morgan fingerprint density at radius 2 is 2.15 bits per heavy atom. The molecule has 2 aromatic rings. The second-order valence-corrected chi connectivity index (χ2v) is 5.49. The van der Waals surface area contributed by atoms with Gasteiger partial charge in [0.1, 0.15) is 5.69 Å². The van der Waals surface area contributed by atoms with Gasteiger partial charge in [-0.15, -0.1) is 0 Å². The maximum absolute atomic E-state index is 12.4. The average Bonchev–Trinajstić information content (AvgIpc) is 2.75. The predicted molar refractivity (Wildman–Crippen MR) is 82.0 cm³/mol. The molecule has 4 nitrogen and oxygen atoms in total. The molecule has 0 saturated heterocycles. The first-order valence-electron chi connectivity index (χ1n) is 6.76. The summed E-state index contributed by atoms with van der Waals surface area (Å²) in [6, 6.07) is 3.71. The van der Waals surface area contributed by atoms with E-state index in [0.717, 1.165) is 34.4 Å². The van der Waals surface area contributed by atoms with Gasteiger partial charge in [-0.25, -0.2) is 0 Å². The van der Waals surface area contributed by atoms with Crippen LogP contribution in [0.4, 0.5) is 0 Å². The number of aromatic nitrogens is 3. The lowest BCUT2D eigenvalue weighted by Crippen LogP contribution is -2.11. The van der Waals surface area contributed by atoms with Crippen molar-refractivity contribution in [1.82, 2.24) is 14.8 Å². The van der Waals surface area contributed by atoms with Crippen LogP contribution in [0.15, 0.2) is 22.8 Å². The number of ketones is 1. The van der Waals surface area contributed by atoms with Crippen LogP contribution in [0.2, 0.25) is 0 Å². The molecular formula is C15H18BrN3O. The fourth-order valence-electron chi connectivity index (χ4n) is 2.12. The third-order valence-corrected chi connectivity index (χ3v) is 4.14. The quantitative estimate of drug-likeness (QED) is 0.787. The van der Waals surface area contributed by atoms with E-state index in [1.54, 1.807) is 6.20 Å². The summed E-state index contributed by atoms with van der Waals surface area (Å²) in [5, 5.41) is 4.51. The number of aryl methyl sites for hydroxylation is 3. The molecule has 0 aliphatic carbocycles. The molecule has 0 saturated carbocycles. The number of carbonyl (C=O) groups is 1. The summed E-state index contributed by atoms with van der Waals surface area (Å²) in [6.45, 7) is 6.79. The summed E-state index contributed by atoms with van der Waals surface area (Å²) in [7, 11) is 0. The van der Waals surface area contributed by atoms with Crippen molar-refractivity contribution in [2.45, 2.75) is 40.2 Å². The Morgan fingerprint density at radius 1 is 1.40 bits per heavy atom. The molecule has 0 atom stereocenters.